The zero-order valence-electron chi connectivity index (χ0n) is 10.1. The second kappa shape index (κ2) is 6.68. The van der Waals surface area contributed by atoms with E-state index in [-0.39, 0.29) is 16.5 Å². The fourth-order valence-electron chi connectivity index (χ4n) is 1.43. The Hall–Kier alpha value is -1.17. The van der Waals surface area contributed by atoms with E-state index < -0.39 is 6.61 Å². The molecule has 0 aliphatic rings. The predicted octanol–water partition coefficient (Wildman–Crippen LogP) is 3.03. The maximum absolute atomic E-state index is 11.9. The molecule has 0 bridgehead atoms. The number of halogens is 3. The van der Waals surface area contributed by atoms with Crippen LogP contribution in [-0.2, 0) is 11.3 Å². The van der Waals surface area contributed by atoms with Crippen LogP contribution in [0.4, 0.5) is 8.78 Å². The van der Waals surface area contributed by atoms with Crippen LogP contribution >= 0.6 is 15.9 Å². The highest BCUT2D eigenvalue weighted by molar-refractivity contribution is 9.10. The summed E-state index contributed by atoms with van der Waals surface area (Å²) >= 11 is 3.20. The Balaban J connectivity index is 2.61. The van der Waals surface area contributed by atoms with Gasteiger partial charge >= 0.3 is 6.61 Å². The molecule has 0 aliphatic heterocycles. The van der Waals surface area contributed by atoms with Crippen molar-refractivity contribution in [2.75, 3.05) is 7.05 Å². The quantitative estimate of drug-likeness (QED) is 0.780. The third-order valence-corrected chi connectivity index (χ3v) is 2.68. The molecule has 1 atom stereocenters. The van der Waals surface area contributed by atoms with Crippen molar-refractivity contribution in [2.24, 2.45) is 0 Å². The largest absolute Gasteiger partial charge is 0.435 e. The third kappa shape index (κ3) is 4.60. The highest BCUT2D eigenvalue weighted by atomic mass is 79.9. The van der Waals surface area contributed by atoms with Gasteiger partial charge in [-0.05, 0) is 24.6 Å². The van der Waals surface area contributed by atoms with Gasteiger partial charge in [0.2, 0.25) is 5.91 Å². The Kier molecular flexibility index (Phi) is 5.53. The van der Waals surface area contributed by atoms with E-state index in [1.807, 2.05) is 0 Å². The summed E-state index contributed by atoms with van der Waals surface area (Å²) in [4.78, 5) is 12.9. The Morgan fingerprint density at radius 1 is 1.39 bits per heavy atom. The standard InChI is InChI=1S/C12H14BrF2NO2/c1-8(13)11(17)16(2)7-9-3-5-10(6-4-9)18-12(14)15/h3-6,8,12H,7H2,1-2H3. The molecular weight excluding hydrogens is 308 g/mol. The first-order valence-corrected chi connectivity index (χ1v) is 6.24. The molecule has 0 aromatic heterocycles. The van der Waals surface area contributed by atoms with E-state index in [2.05, 4.69) is 20.7 Å². The zero-order chi connectivity index (χ0) is 13.7. The summed E-state index contributed by atoms with van der Waals surface area (Å²) < 4.78 is 28.1. The maximum atomic E-state index is 11.9. The van der Waals surface area contributed by atoms with Gasteiger partial charge in [0.05, 0.1) is 4.83 Å². The van der Waals surface area contributed by atoms with Gasteiger partial charge in [0.15, 0.2) is 0 Å². The van der Waals surface area contributed by atoms with Gasteiger partial charge in [-0.3, -0.25) is 4.79 Å². The van der Waals surface area contributed by atoms with Gasteiger partial charge < -0.3 is 9.64 Å². The Bertz CT molecular complexity index is 396. The molecule has 18 heavy (non-hydrogen) atoms. The number of nitrogens with zero attached hydrogens (tertiary/aromatic N) is 1. The summed E-state index contributed by atoms with van der Waals surface area (Å²) in [5.74, 6) is 0.0690. The van der Waals surface area contributed by atoms with Crippen molar-refractivity contribution in [1.82, 2.24) is 4.90 Å². The maximum Gasteiger partial charge on any atom is 0.387 e. The molecule has 0 saturated carbocycles. The van der Waals surface area contributed by atoms with Gasteiger partial charge in [0.1, 0.15) is 5.75 Å². The van der Waals surface area contributed by atoms with Crippen molar-refractivity contribution in [3.05, 3.63) is 29.8 Å². The van der Waals surface area contributed by atoms with E-state index in [4.69, 9.17) is 0 Å². The zero-order valence-corrected chi connectivity index (χ0v) is 11.7. The number of carbonyl (C=O) groups is 1. The van der Waals surface area contributed by atoms with Crippen LogP contribution in [-0.4, -0.2) is 29.3 Å². The van der Waals surface area contributed by atoms with Gasteiger partial charge in [-0.25, -0.2) is 0 Å². The number of rotatable bonds is 5. The monoisotopic (exact) mass is 321 g/mol. The number of amides is 1. The lowest BCUT2D eigenvalue weighted by atomic mass is 10.2. The summed E-state index contributed by atoms with van der Waals surface area (Å²) in [5.41, 5.74) is 0.848. The van der Waals surface area contributed by atoms with Crippen LogP contribution in [0.5, 0.6) is 5.75 Å². The lowest BCUT2D eigenvalue weighted by molar-refractivity contribution is -0.129. The molecule has 1 amide bonds. The van der Waals surface area contributed by atoms with Crippen molar-refractivity contribution >= 4 is 21.8 Å². The molecule has 0 radical (unpaired) electrons. The molecule has 1 aromatic rings. The summed E-state index contributed by atoms with van der Waals surface area (Å²) in [7, 11) is 1.68. The predicted molar refractivity (Wildman–Crippen MR) is 67.9 cm³/mol. The SMILES string of the molecule is CC(Br)C(=O)N(C)Cc1ccc(OC(F)F)cc1. The summed E-state index contributed by atoms with van der Waals surface area (Å²) in [5, 5.41) is 0. The van der Waals surface area contributed by atoms with Crippen LogP contribution in [0.25, 0.3) is 0 Å². The molecule has 0 saturated heterocycles. The van der Waals surface area contributed by atoms with Gasteiger partial charge in [-0.1, -0.05) is 28.1 Å². The first-order chi connectivity index (χ1) is 8.40. The number of benzene rings is 1. The Morgan fingerprint density at radius 2 is 1.94 bits per heavy atom. The number of hydrogen-bond acceptors (Lipinski definition) is 2. The van der Waals surface area contributed by atoms with Crippen molar-refractivity contribution in [1.29, 1.82) is 0 Å². The van der Waals surface area contributed by atoms with Crippen LogP contribution in [0.3, 0.4) is 0 Å². The second-order valence-electron chi connectivity index (χ2n) is 3.83. The minimum Gasteiger partial charge on any atom is -0.435 e. The van der Waals surface area contributed by atoms with Crippen LogP contribution in [0.1, 0.15) is 12.5 Å². The van der Waals surface area contributed by atoms with E-state index in [1.54, 1.807) is 31.0 Å². The topological polar surface area (TPSA) is 29.5 Å². The minimum absolute atomic E-state index is 0.0390. The third-order valence-electron chi connectivity index (χ3n) is 2.28. The van der Waals surface area contributed by atoms with Gasteiger partial charge in [-0.15, -0.1) is 0 Å². The lowest BCUT2D eigenvalue weighted by Gasteiger charge is -2.18. The van der Waals surface area contributed by atoms with Crippen molar-refractivity contribution in [2.45, 2.75) is 24.9 Å². The van der Waals surface area contributed by atoms with Crippen LogP contribution in [0.2, 0.25) is 0 Å². The smallest absolute Gasteiger partial charge is 0.387 e. The van der Waals surface area contributed by atoms with Crippen LogP contribution in [0, 0.1) is 0 Å². The number of ether oxygens (including phenoxy) is 1. The van der Waals surface area contributed by atoms with Gasteiger partial charge in [0, 0.05) is 13.6 Å². The second-order valence-corrected chi connectivity index (χ2v) is 5.21. The Labute approximate surface area is 113 Å². The first kappa shape index (κ1) is 14.9. The Morgan fingerprint density at radius 3 is 2.39 bits per heavy atom. The number of alkyl halides is 3. The van der Waals surface area contributed by atoms with E-state index in [1.165, 1.54) is 12.1 Å². The molecule has 100 valence electrons. The molecular formula is C12H14BrF2NO2. The average Bonchev–Trinajstić information content (AvgIpc) is 2.29. The molecule has 0 spiro atoms. The summed E-state index contributed by atoms with van der Waals surface area (Å²) in [6.45, 7) is -0.656. The number of hydrogen-bond donors (Lipinski definition) is 0. The molecule has 1 rings (SSSR count). The van der Waals surface area contributed by atoms with Gasteiger partial charge in [-0.2, -0.15) is 8.78 Å². The average molecular weight is 322 g/mol. The highest BCUT2D eigenvalue weighted by Gasteiger charge is 2.14. The molecule has 1 aromatic carbocycles. The number of carbonyl (C=O) groups excluding carboxylic acids is 1. The molecule has 0 heterocycles. The van der Waals surface area contributed by atoms with E-state index in [0.717, 1.165) is 5.56 Å². The van der Waals surface area contributed by atoms with E-state index >= 15 is 0 Å². The molecule has 3 nitrogen and oxygen atoms in total. The van der Waals surface area contributed by atoms with E-state index in [9.17, 15) is 13.6 Å². The van der Waals surface area contributed by atoms with Crippen molar-refractivity contribution < 1.29 is 18.3 Å². The molecule has 0 aliphatic carbocycles. The minimum atomic E-state index is -2.82. The fourth-order valence-corrected chi connectivity index (χ4v) is 1.78. The fraction of sp³-hybridized carbons (Fsp3) is 0.417. The molecule has 0 fully saturated rings. The normalized spacial score (nSPS) is 12.3. The summed E-state index contributed by atoms with van der Waals surface area (Å²) in [6.07, 6.45) is 0. The van der Waals surface area contributed by atoms with Crippen molar-refractivity contribution in [3.63, 3.8) is 0 Å². The molecule has 6 heteroatoms. The highest BCUT2D eigenvalue weighted by Crippen LogP contribution is 2.16. The van der Waals surface area contributed by atoms with Crippen LogP contribution < -0.4 is 4.74 Å². The first-order valence-electron chi connectivity index (χ1n) is 5.33. The molecule has 1 unspecified atom stereocenters. The van der Waals surface area contributed by atoms with Crippen LogP contribution in [0.15, 0.2) is 24.3 Å². The lowest BCUT2D eigenvalue weighted by Crippen LogP contribution is -2.31. The van der Waals surface area contributed by atoms with Crippen molar-refractivity contribution in [3.8, 4) is 5.75 Å². The van der Waals surface area contributed by atoms with Gasteiger partial charge in [0.25, 0.3) is 0 Å². The van der Waals surface area contributed by atoms with E-state index in [0.29, 0.717) is 6.54 Å². The summed E-state index contributed by atoms with van der Waals surface area (Å²) in [6, 6.07) is 6.22. The molecule has 0 N–H and O–H groups in total.